The Morgan fingerprint density at radius 3 is 2.65 bits per heavy atom. The van der Waals surface area contributed by atoms with Crippen LogP contribution < -0.4 is 4.74 Å². The summed E-state index contributed by atoms with van der Waals surface area (Å²) < 4.78 is 5.20. The van der Waals surface area contributed by atoms with Crippen LogP contribution >= 0.6 is 0 Å². The van der Waals surface area contributed by atoms with Crippen LogP contribution in [0.2, 0.25) is 0 Å². The highest BCUT2D eigenvalue weighted by atomic mass is 16.5. The molecule has 20 heavy (non-hydrogen) atoms. The first-order valence-electron chi connectivity index (χ1n) is 7.59. The van der Waals surface area contributed by atoms with E-state index in [-0.39, 0.29) is 0 Å². The quantitative estimate of drug-likeness (QED) is 0.819. The third-order valence-corrected chi connectivity index (χ3v) is 4.27. The van der Waals surface area contributed by atoms with Crippen LogP contribution in [0.5, 0.6) is 5.75 Å². The molecule has 2 rings (SSSR count). The molecule has 1 aliphatic rings. The third kappa shape index (κ3) is 3.52. The summed E-state index contributed by atoms with van der Waals surface area (Å²) in [5, 5.41) is 9.17. The van der Waals surface area contributed by atoms with Crippen LogP contribution in [-0.2, 0) is 6.54 Å². The molecule has 1 aromatic carbocycles. The first-order chi connectivity index (χ1) is 9.78. The van der Waals surface area contributed by atoms with Crippen LogP contribution in [-0.4, -0.2) is 24.6 Å². The molecule has 0 heterocycles. The molecule has 1 fully saturated rings. The van der Waals surface area contributed by atoms with Gasteiger partial charge in [0.05, 0.1) is 12.7 Å². The molecular weight excluding hydrogens is 248 g/mol. The predicted molar refractivity (Wildman–Crippen MR) is 80.7 cm³/mol. The number of hydrogen-bond donors (Lipinski definition) is 0. The van der Waals surface area contributed by atoms with Crippen molar-refractivity contribution in [3.05, 3.63) is 29.3 Å². The minimum atomic E-state index is 0.629. The second-order valence-electron chi connectivity index (χ2n) is 5.50. The van der Waals surface area contributed by atoms with E-state index in [1.54, 1.807) is 7.11 Å². The van der Waals surface area contributed by atoms with Gasteiger partial charge in [-0.15, -0.1) is 0 Å². The minimum Gasteiger partial charge on any atom is -0.495 e. The minimum absolute atomic E-state index is 0.629. The summed E-state index contributed by atoms with van der Waals surface area (Å²) in [5.74, 6) is 0.664. The summed E-state index contributed by atoms with van der Waals surface area (Å²) in [4.78, 5) is 2.54. The second-order valence-corrected chi connectivity index (χ2v) is 5.50. The molecule has 0 atom stereocenters. The van der Waals surface area contributed by atoms with Crippen molar-refractivity contribution in [3.63, 3.8) is 0 Å². The molecule has 0 N–H and O–H groups in total. The summed E-state index contributed by atoms with van der Waals surface area (Å²) in [5.41, 5.74) is 1.83. The highest BCUT2D eigenvalue weighted by Gasteiger charge is 2.20. The maximum atomic E-state index is 9.17. The van der Waals surface area contributed by atoms with Gasteiger partial charge < -0.3 is 4.74 Å². The van der Waals surface area contributed by atoms with E-state index in [0.29, 0.717) is 17.4 Å². The zero-order valence-electron chi connectivity index (χ0n) is 12.6. The SMILES string of the molecule is CCN(Cc1ccc(OC)c(C#N)c1)C1CCCCC1. The van der Waals surface area contributed by atoms with Gasteiger partial charge in [0, 0.05) is 12.6 Å². The van der Waals surface area contributed by atoms with Crippen molar-refractivity contribution in [2.75, 3.05) is 13.7 Å². The standard InChI is InChI=1S/C17H24N2O/c1-3-19(16-7-5-4-6-8-16)13-14-9-10-17(20-2)15(11-14)12-18/h9-11,16H,3-8,13H2,1-2H3. The molecule has 3 heteroatoms. The topological polar surface area (TPSA) is 36.3 Å². The Morgan fingerprint density at radius 1 is 1.30 bits per heavy atom. The van der Waals surface area contributed by atoms with Crippen molar-refractivity contribution >= 4 is 0 Å². The van der Waals surface area contributed by atoms with Gasteiger partial charge in [-0.25, -0.2) is 0 Å². The lowest BCUT2D eigenvalue weighted by atomic mass is 9.94. The summed E-state index contributed by atoms with van der Waals surface area (Å²) in [7, 11) is 1.61. The number of hydrogen-bond acceptors (Lipinski definition) is 3. The number of nitriles is 1. The molecule has 0 spiro atoms. The second kappa shape index (κ2) is 7.31. The van der Waals surface area contributed by atoms with E-state index in [1.165, 1.54) is 37.7 Å². The van der Waals surface area contributed by atoms with E-state index >= 15 is 0 Å². The van der Waals surface area contributed by atoms with E-state index in [2.05, 4.69) is 24.0 Å². The smallest absolute Gasteiger partial charge is 0.136 e. The van der Waals surface area contributed by atoms with Gasteiger partial charge in [0.25, 0.3) is 0 Å². The maximum Gasteiger partial charge on any atom is 0.136 e. The molecule has 0 bridgehead atoms. The molecule has 3 nitrogen and oxygen atoms in total. The van der Waals surface area contributed by atoms with Crippen molar-refractivity contribution in [1.82, 2.24) is 4.90 Å². The van der Waals surface area contributed by atoms with Crippen molar-refractivity contribution in [2.24, 2.45) is 0 Å². The Hall–Kier alpha value is -1.53. The number of methoxy groups -OCH3 is 1. The van der Waals surface area contributed by atoms with Gasteiger partial charge >= 0.3 is 0 Å². The van der Waals surface area contributed by atoms with Crippen molar-refractivity contribution < 1.29 is 4.74 Å². The fraction of sp³-hybridized carbons (Fsp3) is 0.588. The normalized spacial score (nSPS) is 16.1. The van der Waals surface area contributed by atoms with Gasteiger partial charge in [0.15, 0.2) is 0 Å². The summed E-state index contributed by atoms with van der Waals surface area (Å²) >= 11 is 0. The van der Waals surface area contributed by atoms with Gasteiger partial charge in [-0.3, -0.25) is 4.90 Å². The molecule has 0 amide bonds. The number of nitrogens with zero attached hydrogens (tertiary/aromatic N) is 2. The molecule has 0 aliphatic heterocycles. The zero-order valence-corrected chi connectivity index (χ0v) is 12.6. The zero-order chi connectivity index (χ0) is 14.4. The first-order valence-corrected chi connectivity index (χ1v) is 7.59. The lowest BCUT2D eigenvalue weighted by molar-refractivity contribution is 0.156. The Labute approximate surface area is 122 Å². The molecule has 1 saturated carbocycles. The molecule has 0 aromatic heterocycles. The van der Waals surface area contributed by atoms with Gasteiger partial charge in [0.2, 0.25) is 0 Å². The molecular formula is C17H24N2O. The van der Waals surface area contributed by atoms with E-state index in [4.69, 9.17) is 4.74 Å². The van der Waals surface area contributed by atoms with Crippen LogP contribution in [0.25, 0.3) is 0 Å². The van der Waals surface area contributed by atoms with Gasteiger partial charge in [-0.1, -0.05) is 32.3 Å². The van der Waals surface area contributed by atoms with Gasteiger partial charge in [0.1, 0.15) is 11.8 Å². The van der Waals surface area contributed by atoms with E-state index in [1.807, 2.05) is 12.1 Å². The van der Waals surface area contributed by atoms with Gasteiger partial charge in [-0.2, -0.15) is 5.26 Å². The maximum absolute atomic E-state index is 9.17. The molecule has 108 valence electrons. The van der Waals surface area contributed by atoms with Crippen molar-refractivity contribution in [3.8, 4) is 11.8 Å². The average molecular weight is 272 g/mol. The van der Waals surface area contributed by atoms with Crippen molar-refractivity contribution in [1.29, 1.82) is 5.26 Å². The Kier molecular flexibility index (Phi) is 5.43. The Morgan fingerprint density at radius 2 is 2.05 bits per heavy atom. The van der Waals surface area contributed by atoms with Crippen LogP contribution in [0.15, 0.2) is 18.2 Å². The number of ether oxygens (including phenoxy) is 1. The summed E-state index contributed by atoms with van der Waals surface area (Å²) in [6.45, 7) is 4.22. The fourth-order valence-corrected chi connectivity index (χ4v) is 3.12. The van der Waals surface area contributed by atoms with Gasteiger partial charge in [-0.05, 0) is 37.1 Å². The van der Waals surface area contributed by atoms with E-state index in [0.717, 1.165) is 13.1 Å². The predicted octanol–water partition coefficient (Wildman–Crippen LogP) is 3.72. The molecule has 1 aliphatic carbocycles. The first kappa shape index (κ1) is 14.9. The molecule has 1 aromatic rings. The largest absolute Gasteiger partial charge is 0.495 e. The Bertz CT molecular complexity index is 472. The highest BCUT2D eigenvalue weighted by Crippen LogP contribution is 2.25. The van der Waals surface area contributed by atoms with Crippen molar-refractivity contribution in [2.45, 2.75) is 51.6 Å². The number of rotatable bonds is 5. The van der Waals surface area contributed by atoms with Crippen LogP contribution in [0.4, 0.5) is 0 Å². The fourth-order valence-electron chi connectivity index (χ4n) is 3.12. The summed E-state index contributed by atoms with van der Waals surface area (Å²) in [6.07, 6.45) is 6.72. The highest BCUT2D eigenvalue weighted by molar-refractivity contribution is 5.45. The van der Waals surface area contributed by atoms with Crippen LogP contribution in [0, 0.1) is 11.3 Å². The lowest BCUT2D eigenvalue weighted by Gasteiger charge is -2.33. The molecule has 0 saturated heterocycles. The monoisotopic (exact) mass is 272 g/mol. The molecule has 0 radical (unpaired) electrons. The van der Waals surface area contributed by atoms with E-state index < -0.39 is 0 Å². The third-order valence-electron chi connectivity index (χ3n) is 4.27. The van der Waals surface area contributed by atoms with Crippen LogP contribution in [0.3, 0.4) is 0 Å². The average Bonchev–Trinajstić information content (AvgIpc) is 2.53. The lowest BCUT2D eigenvalue weighted by Crippen LogP contribution is -2.36. The Balaban J connectivity index is 2.09. The summed E-state index contributed by atoms with van der Waals surface area (Å²) in [6, 6.07) is 8.87. The van der Waals surface area contributed by atoms with Crippen LogP contribution in [0.1, 0.15) is 50.2 Å². The number of benzene rings is 1. The van der Waals surface area contributed by atoms with E-state index in [9.17, 15) is 5.26 Å². The molecule has 0 unspecified atom stereocenters.